The van der Waals surface area contributed by atoms with Crippen LogP contribution in [0.1, 0.15) is 27.9 Å². The average molecular weight is 393 g/mol. The van der Waals surface area contributed by atoms with Crippen molar-refractivity contribution >= 4 is 22.9 Å². The SMILES string of the molecule is Cc1c(CCO)[nH]c2ccc(CCNCc3ccc(/C=C/C(=O)NO)cc3)cc12. The van der Waals surface area contributed by atoms with Gasteiger partial charge in [-0.3, -0.25) is 10.0 Å². The van der Waals surface area contributed by atoms with Gasteiger partial charge in [0.25, 0.3) is 5.91 Å². The molecule has 0 aliphatic rings. The van der Waals surface area contributed by atoms with Crippen molar-refractivity contribution in [1.29, 1.82) is 0 Å². The summed E-state index contributed by atoms with van der Waals surface area (Å²) in [5.41, 5.74) is 8.35. The number of aliphatic hydroxyl groups excluding tert-OH is 1. The van der Waals surface area contributed by atoms with Crippen LogP contribution in [0, 0.1) is 6.92 Å². The van der Waals surface area contributed by atoms with Gasteiger partial charge in [0.1, 0.15) is 0 Å². The number of H-pyrrole nitrogens is 1. The average Bonchev–Trinajstić information content (AvgIpc) is 3.05. The van der Waals surface area contributed by atoms with E-state index in [0.717, 1.165) is 36.3 Å². The Morgan fingerprint density at radius 3 is 2.59 bits per heavy atom. The minimum Gasteiger partial charge on any atom is -0.396 e. The zero-order chi connectivity index (χ0) is 20.6. The zero-order valence-corrected chi connectivity index (χ0v) is 16.5. The Morgan fingerprint density at radius 2 is 1.86 bits per heavy atom. The fourth-order valence-electron chi connectivity index (χ4n) is 3.37. The van der Waals surface area contributed by atoms with Crippen LogP contribution in [0.15, 0.2) is 48.5 Å². The number of aromatic nitrogens is 1. The van der Waals surface area contributed by atoms with Gasteiger partial charge < -0.3 is 15.4 Å². The molecule has 0 atom stereocenters. The van der Waals surface area contributed by atoms with Crippen molar-refractivity contribution in [2.75, 3.05) is 13.2 Å². The number of fused-ring (bicyclic) bond motifs is 1. The van der Waals surface area contributed by atoms with Gasteiger partial charge in [0, 0.05) is 42.2 Å². The summed E-state index contributed by atoms with van der Waals surface area (Å²) >= 11 is 0. The van der Waals surface area contributed by atoms with Gasteiger partial charge in [-0.25, -0.2) is 5.48 Å². The second-order valence-corrected chi connectivity index (χ2v) is 7.06. The lowest BCUT2D eigenvalue weighted by atomic mass is 10.1. The number of hydroxylamine groups is 1. The number of aliphatic hydroxyl groups is 1. The molecule has 0 unspecified atom stereocenters. The van der Waals surface area contributed by atoms with Gasteiger partial charge in [-0.2, -0.15) is 0 Å². The molecule has 0 aliphatic heterocycles. The first-order valence-corrected chi connectivity index (χ1v) is 9.73. The van der Waals surface area contributed by atoms with Crippen LogP contribution >= 0.6 is 0 Å². The molecule has 152 valence electrons. The number of hydrogen-bond acceptors (Lipinski definition) is 4. The quantitative estimate of drug-likeness (QED) is 0.167. The molecule has 0 saturated heterocycles. The lowest BCUT2D eigenvalue weighted by molar-refractivity contribution is -0.124. The zero-order valence-electron chi connectivity index (χ0n) is 16.5. The van der Waals surface area contributed by atoms with Crippen LogP contribution in [0.4, 0.5) is 0 Å². The molecule has 29 heavy (non-hydrogen) atoms. The van der Waals surface area contributed by atoms with E-state index in [9.17, 15) is 9.90 Å². The first kappa shape index (κ1) is 20.8. The predicted molar refractivity (Wildman–Crippen MR) is 115 cm³/mol. The highest BCUT2D eigenvalue weighted by atomic mass is 16.5. The first-order chi connectivity index (χ1) is 14.1. The van der Waals surface area contributed by atoms with E-state index in [2.05, 4.69) is 35.4 Å². The van der Waals surface area contributed by atoms with E-state index in [1.807, 2.05) is 24.3 Å². The molecule has 0 radical (unpaired) electrons. The molecule has 0 saturated carbocycles. The van der Waals surface area contributed by atoms with E-state index in [4.69, 9.17) is 5.21 Å². The minimum absolute atomic E-state index is 0.152. The van der Waals surface area contributed by atoms with Crippen LogP contribution in [0.2, 0.25) is 0 Å². The van der Waals surface area contributed by atoms with Crippen LogP contribution in [-0.4, -0.2) is 34.4 Å². The standard InChI is InChI=1S/C23H27N3O3/c1-16-20-14-18(6-8-22(20)25-21(16)11-13-27)10-12-24-15-19-4-2-17(3-5-19)7-9-23(28)26-29/h2-9,14,24-25,27,29H,10-13,15H2,1H3,(H,26,28)/b9-7+. The maximum absolute atomic E-state index is 11.0. The second kappa shape index (κ2) is 10.0. The second-order valence-electron chi connectivity index (χ2n) is 7.06. The summed E-state index contributed by atoms with van der Waals surface area (Å²) in [5.74, 6) is -0.548. The van der Waals surface area contributed by atoms with Gasteiger partial charge in [-0.15, -0.1) is 0 Å². The number of carbonyl (C=O) groups is 1. The lowest BCUT2D eigenvalue weighted by Crippen LogP contribution is -2.16. The fraction of sp³-hybridized carbons (Fsp3) is 0.261. The molecular formula is C23H27N3O3. The van der Waals surface area contributed by atoms with E-state index in [-0.39, 0.29) is 6.61 Å². The van der Waals surface area contributed by atoms with Gasteiger partial charge >= 0.3 is 0 Å². The fourth-order valence-corrected chi connectivity index (χ4v) is 3.37. The van der Waals surface area contributed by atoms with Crippen LogP contribution in [0.3, 0.4) is 0 Å². The molecule has 3 rings (SSSR count). The molecule has 5 N–H and O–H groups in total. The molecule has 0 fully saturated rings. The van der Waals surface area contributed by atoms with Crippen molar-refractivity contribution in [3.63, 3.8) is 0 Å². The maximum Gasteiger partial charge on any atom is 0.267 e. The van der Waals surface area contributed by atoms with Gasteiger partial charge in [0.15, 0.2) is 0 Å². The topological polar surface area (TPSA) is 97.4 Å². The summed E-state index contributed by atoms with van der Waals surface area (Å²) in [7, 11) is 0. The third-order valence-electron chi connectivity index (χ3n) is 5.02. The number of aromatic amines is 1. The monoisotopic (exact) mass is 393 g/mol. The molecule has 6 heteroatoms. The number of benzene rings is 2. The summed E-state index contributed by atoms with van der Waals surface area (Å²) in [6, 6.07) is 14.4. The van der Waals surface area contributed by atoms with Gasteiger partial charge in [0.05, 0.1) is 0 Å². The van der Waals surface area contributed by atoms with E-state index in [1.54, 1.807) is 11.6 Å². The van der Waals surface area contributed by atoms with E-state index >= 15 is 0 Å². The summed E-state index contributed by atoms with van der Waals surface area (Å²) in [6.45, 7) is 3.89. The summed E-state index contributed by atoms with van der Waals surface area (Å²) in [6.07, 6.45) is 4.52. The van der Waals surface area contributed by atoms with Crippen molar-refractivity contribution in [2.45, 2.75) is 26.3 Å². The Balaban J connectivity index is 1.50. The Kier molecular flexibility index (Phi) is 7.19. The molecule has 1 amide bonds. The molecule has 6 nitrogen and oxygen atoms in total. The Morgan fingerprint density at radius 1 is 1.10 bits per heavy atom. The maximum atomic E-state index is 11.0. The Hall–Kier alpha value is -2.93. The Labute approximate surface area is 170 Å². The first-order valence-electron chi connectivity index (χ1n) is 9.73. The normalized spacial score (nSPS) is 11.4. The molecule has 0 bridgehead atoms. The highest BCUT2D eigenvalue weighted by Crippen LogP contribution is 2.23. The molecule has 3 aromatic rings. The molecule has 0 aliphatic carbocycles. The van der Waals surface area contributed by atoms with Crippen LogP contribution in [0.25, 0.3) is 17.0 Å². The molecular weight excluding hydrogens is 366 g/mol. The van der Waals surface area contributed by atoms with Crippen molar-refractivity contribution in [3.8, 4) is 0 Å². The van der Waals surface area contributed by atoms with Crippen LogP contribution in [-0.2, 0) is 24.2 Å². The lowest BCUT2D eigenvalue weighted by Gasteiger charge is -2.06. The van der Waals surface area contributed by atoms with Crippen molar-refractivity contribution in [3.05, 3.63) is 76.5 Å². The summed E-state index contributed by atoms with van der Waals surface area (Å²) in [4.78, 5) is 14.4. The highest BCUT2D eigenvalue weighted by molar-refractivity contribution is 5.90. The van der Waals surface area contributed by atoms with Gasteiger partial charge in [-0.05, 0) is 60.4 Å². The number of nitrogens with one attached hydrogen (secondary N) is 3. The highest BCUT2D eigenvalue weighted by Gasteiger charge is 2.07. The third-order valence-corrected chi connectivity index (χ3v) is 5.02. The molecule has 0 spiro atoms. The molecule has 2 aromatic carbocycles. The third kappa shape index (κ3) is 5.54. The number of aryl methyl sites for hydroxylation is 1. The largest absolute Gasteiger partial charge is 0.396 e. The smallest absolute Gasteiger partial charge is 0.267 e. The predicted octanol–water partition coefficient (Wildman–Crippen LogP) is 2.86. The molecule has 1 heterocycles. The summed E-state index contributed by atoms with van der Waals surface area (Å²) < 4.78 is 0. The number of rotatable bonds is 9. The number of hydrogen-bond donors (Lipinski definition) is 5. The van der Waals surface area contributed by atoms with Crippen molar-refractivity contribution < 1.29 is 15.1 Å². The molecule has 1 aromatic heterocycles. The number of amides is 1. The van der Waals surface area contributed by atoms with Crippen molar-refractivity contribution in [2.24, 2.45) is 0 Å². The minimum atomic E-state index is -0.548. The van der Waals surface area contributed by atoms with Gasteiger partial charge in [-0.1, -0.05) is 30.3 Å². The summed E-state index contributed by atoms with van der Waals surface area (Å²) in [5, 5.41) is 22.3. The van der Waals surface area contributed by atoms with Gasteiger partial charge in [0.2, 0.25) is 0 Å². The van der Waals surface area contributed by atoms with Crippen LogP contribution in [0.5, 0.6) is 0 Å². The van der Waals surface area contributed by atoms with Crippen LogP contribution < -0.4 is 10.8 Å². The van der Waals surface area contributed by atoms with E-state index < -0.39 is 5.91 Å². The van der Waals surface area contributed by atoms with E-state index in [0.29, 0.717) is 6.42 Å². The van der Waals surface area contributed by atoms with E-state index in [1.165, 1.54) is 28.2 Å². The Bertz CT molecular complexity index is 991. The number of carbonyl (C=O) groups excluding carboxylic acids is 1. The van der Waals surface area contributed by atoms with Crippen molar-refractivity contribution in [1.82, 2.24) is 15.8 Å².